The molecular formula is C27H29NO2S. The molecule has 3 aromatic carbocycles. The Hall–Kier alpha value is -2.43. The van der Waals surface area contributed by atoms with E-state index in [1.165, 1.54) is 11.1 Å². The predicted octanol–water partition coefficient (Wildman–Crippen LogP) is 5.79. The van der Waals surface area contributed by atoms with Crippen LogP contribution in [0.15, 0.2) is 83.8 Å². The van der Waals surface area contributed by atoms with Crippen LogP contribution in [0.25, 0.3) is 0 Å². The third kappa shape index (κ3) is 3.52. The fourth-order valence-electron chi connectivity index (χ4n) is 5.27. The van der Waals surface area contributed by atoms with Crippen molar-refractivity contribution in [1.82, 2.24) is 4.31 Å². The highest BCUT2D eigenvalue weighted by Crippen LogP contribution is 2.59. The normalized spacial score (nSPS) is 24.4. The highest BCUT2D eigenvalue weighted by Gasteiger charge is 2.59. The Morgan fingerprint density at radius 2 is 1.39 bits per heavy atom. The summed E-state index contributed by atoms with van der Waals surface area (Å²) in [7, 11) is -3.63. The minimum atomic E-state index is -3.63. The van der Waals surface area contributed by atoms with E-state index < -0.39 is 15.6 Å². The quantitative estimate of drug-likeness (QED) is 0.513. The lowest BCUT2D eigenvalue weighted by molar-refractivity contribution is 0.207. The van der Waals surface area contributed by atoms with Crippen LogP contribution in [0.2, 0.25) is 0 Å². The maximum atomic E-state index is 14.0. The maximum absolute atomic E-state index is 14.0. The molecule has 5 rings (SSSR count). The SMILES string of the molecule is Cc1ccc(C2CN(S(=O)(=O)c3ccc(C)cc3)C(c3ccccc3)(C3CC3)C2)cc1. The number of nitrogens with zero attached hydrogens (tertiary/aromatic N) is 1. The van der Waals surface area contributed by atoms with E-state index in [4.69, 9.17) is 0 Å². The van der Waals surface area contributed by atoms with Crippen molar-refractivity contribution < 1.29 is 8.42 Å². The van der Waals surface area contributed by atoms with E-state index in [1.54, 1.807) is 12.1 Å². The summed E-state index contributed by atoms with van der Waals surface area (Å²) in [5, 5.41) is 0. The average molecular weight is 432 g/mol. The van der Waals surface area contributed by atoms with Crippen LogP contribution in [0.4, 0.5) is 0 Å². The Kier molecular flexibility index (Phi) is 5.03. The van der Waals surface area contributed by atoms with Crippen molar-refractivity contribution in [2.75, 3.05) is 6.54 Å². The van der Waals surface area contributed by atoms with Gasteiger partial charge in [0.05, 0.1) is 10.4 Å². The van der Waals surface area contributed by atoms with Gasteiger partial charge in [-0.1, -0.05) is 77.9 Å². The first-order valence-electron chi connectivity index (χ1n) is 11.1. The Morgan fingerprint density at radius 1 is 0.806 bits per heavy atom. The van der Waals surface area contributed by atoms with Gasteiger partial charge in [-0.05, 0) is 68.2 Å². The highest BCUT2D eigenvalue weighted by atomic mass is 32.2. The molecule has 1 saturated carbocycles. The average Bonchev–Trinajstić information content (AvgIpc) is 3.55. The molecule has 160 valence electrons. The van der Waals surface area contributed by atoms with Crippen molar-refractivity contribution >= 4 is 10.0 Å². The zero-order valence-corrected chi connectivity index (χ0v) is 19.0. The summed E-state index contributed by atoms with van der Waals surface area (Å²) in [6.45, 7) is 4.59. The van der Waals surface area contributed by atoms with Crippen molar-refractivity contribution in [3.8, 4) is 0 Å². The number of hydrogen-bond acceptors (Lipinski definition) is 2. The molecule has 2 fully saturated rings. The largest absolute Gasteiger partial charge is 0.243 e. The van der Waals surface area contributed by atoms with Gasteiger partial charge in [0.15, 0.2) is 0 Å². The first-order valence-corrected chi connectivity index (χ1v) is 12.6. The fourth-order valence-corrected chi connectivity index (χ4v) is 7.14. The molecule has 2 aliphatic rings. The summed E-state index contributed by atoms with van der Waals surface area (Å²) in [6.07, 6.45) is 2.99. The summed E-state index contributed by atoms with van der Waals surface area (Å²) in [5.74, 6) is 0.548. The minimum absolute atomic E-state index is 0.182. The summed E-state index contributed by atoms with van der Waals surface area (Å²) >= 11 is 0. The fraction of sp³-hybridized carbons (Fsp3) is 0.333. The lowest BCUT2D eigenvalue weighted by Gasteiger charge is -2.38. The molecule has 0 spiro atoms. The Bertz CT molecular complexity index is 1170. The van der Waals surface area contributed by atoms with Crippen molar-refractivity contribution in [1.29, 1.82) is 0 Å². The third-order valence-electron chi connectivity index (χ3n) is 7.07. The third-order valence-corrected chi connectivity index (χ3v) is 9.00. The van der Waals surface area contributed by atoms with E-state index in [0.717, 1.165) is 30.4 Å². The van der Waals surface area contributed by atoms with Crippen LogP contribution >= 0.6 is 0 Å². The predicted molar refractivity (Wildman–Crippen MR) is 124 cm³/mol. The molecule has 4 heteroatoms. The summed E-state index contributed by atoms with van der Waals surface area (Å²) < 4.78 is 29.9. The second kappa shape index (κ2) is 7.61. The van der Waals surface area contributed by atoms with Crippen molar-refractivity contribution in [2.24, 2.45) is 5.92 Å². The Morgan fingerprint density at radius 3 is 1.97 bits per heavy atom. The van der Waals surface area contributed by atoms with Gasteiger partial charge in [-0.3, -0.25) is 0 Å². The van der Waals surface area contributed by atoms with E-state index in [9.17, 15) is 8.42 Å². The molecule has 1 saturated heterocycles. The zero-order chi connectivity index (χ0) is 21.6. The first-order chi connectivity index (χ1) is 14.9. The van der Waals surface area contributed by atoms with Gasteiger partial charge in [0.2, 0.25) is 10.0 Å². The van der Waals surface area contributed by atoms with Gasteiger partial charge < -0.3 is 0 Å². The second-order valence-electron chi connectivity index (χ2n) is 9.23. The van der Waals surface area contributed by atoms with Crippen LogP contribution in [0, 0.1) is 19.8 Å². The number of hydrogen-bond donors (Lipinski definition) is 0. The van der Waals surface area contributed by atoms with Gasteiger partial charge in [-0.2, -0.15) is 4.31 Å². The van der Waals surface area contributed by atoms with Gasteiger partial charge in [-0.25, -0.2) is 8.42 Å². The number of rotatable bonds is 5. The van der Waals surface area contributed by atoms with Crippen molar-refractivity contribution in [3.05, 3.63) is 101 Å². The van der Waals surface area contributed by atoms with E-state index in [1.807, 2.05) is 41.6 Å². The molecule has 0 N–H and O–H groups in total. The second-order valence-corrected chi connectivity index (χ2v) is 11.1. The van der Waals surface area contributed by atoms with Gasteiger partial charge in [-0.15, -0.1) is 0 Å². The summed E-state index contributed by atoms with van der Waals surface area (Å²) in [6, 6.07) is 26.2. The van der Waals surface area contributed by atoms with Crippen LogP contribution in [-0.4, -0.2) is 19.3 Å². The van der Waals surface area contributed by atoms with E-state index in [2.05, 4.69) is 43.3 Å². The molecule has 0 bridgehead atoms. The van der Waals surface area contributed by atoms with Crippen LogP contribution in [0.1, 0.15) is 47.4 Å². The minimum Gasteiger partial charge on any atom is -0.207 e. The van der Waals surface area contributed by atoms with Crippen LogP contribution < -0.4 is 0 Å². The molecule has 31 heavy (non-hydrogen) atoms. The maximum Gasteiger partial charge on any atom is 0.243 e. The Labute approximate surface area is 185 Å². The van der Waals surface area contributed by atoms with E-state index >= 15 is 0 Å². The molecule has 3 nitrogen and oxygen atoms in total. The lowest BCUT2D eigenvalue weighted by Crippen LogP contribution is -2.46. The number of aryl methyl sites for hydroxylation is 2. The van der Waals surface area contributed by atoms with Crippen molar-refractivity contribution in [2.45, 2.75) is 49.5 Å². The molecule has 3 aromatic rings. The lowest BCUT2D eigenvalue weighted by atomic mass is 9.80. The summed E-state index contributed by atoms with van der Waals surface area (Å²) in [4.78, 5) is 0.392. The molecule has 0 amide bonds. The molecule has 0 radical (unpaired) electrons. The van der Waals surface area contributed by atoms with Crippen LogP contribution in [-0.2, 0) is 15.6 Å². The van der Waals surface area contributed by atoms with E-state index in [-0.39, 0.29) is 5.92 Å². The molecule has 2 unspecified atom stereocenters. The molecular weight excluding hydrogens is 402 g/mol. The molecule has 0 aromatic heterocycles. The first kappa shape index (κ1) is 20.5. The number of benzene rings is 3. The molecule has 1 heterocycles. The number of sulfonamides is 1. The molecule has 1 aliphatic heterocycles. The van der Waals surface area contributed by atoms with Gasteiger partial charge in [0.25, 0.3) is 0 Å². The van der Waals surface area contributed by atoms with E-state index in [0.29, 0.717) is 17.4 Å². The Balaban J connectivity index is 1.65. The van der Waals surface area contributed by atoms with Gasteiger partial charge in [0, 0.05) is 6.54 Å². The van der Waals surface area contributed by atoms with Crippen LogP contribution in [0.3, 0.4) is 0 Å². The monoisotopic (exact) mass is 431 g/mol. The zero-order valence-electron chi connectivity index (χ0n) is 18.2. The molecule has 1 aliphatic carbocycles. The van der Waals surface area contributed by atoms with Crippen LogP contribution in [0.5, 0.6) is 0 Å². The molecule has 2 atom stereocenters. The van der Waals surface area contributed by atoms with Gasteiger partial charge >= 0.3 is 0 Å². The van der Waals surface area contributed by atoms with Gasteiger partial charge in [0.1, 0.15) is 0 Å². The standard InChI is InChI=1S/C27H29NO2S/c1-20-8-12-22(13-9-20)23-18-27(25-14-15-25,24-6-4-3-5-7-24)28(19-23)31(29,30)26-16-10-21(2)11-17-26/h3-13,16-17,23,25H,14-15,18-19H2,1-2H3. The smallest absolute Gasteiger partial charge is 0.207 e. The topological polar surface area (TPSA) is 37.4 Å². The van der Waals surface area contributed by atoms with Crippen molar-refractivity contribution in [3.63, 3.8) is 0 Å². The highest BCUT2D eigenvalue weighted by molar-refractivity contribution is 7.89. The summed E-state index contributed by atoms with van der Waals surface area (Å²) in [5.41, 5.74) is 4.16.